The number of nitrogens with zero attached hydrogens (tertiary/aromatic N) is 1. The highest BCUT2D eigenvalue weighted by Crippen LogP contribution is 2.19. The number of hydrogen-bond acceptors (Lipinski definition) is 2. The lowest BCUT2D eigenvalue weighted by atomic mass is 9.98. The number of rotatable bonds is 7. The van der Waals surface area contributed by atoms with Gasteiger partial charge in [-0.15, -0.1) is 0 Å². The van der Waals surface area contributed by atoms with Crippen LogP contribution in [0.15, 0.2) is 48.5 Å². The molecule has 0 bridgehead atoms. The van der Waals surface area contributed by atoms with E-state index in [-0.39, 0.29) is 11.7 Å². The minimum atomic E-state index is -0.247. The van der Waals surface area contributed by atoms with Crippen molar-refractivity contribution in [2.45, 2.75) is 45.7 Å². The highest BCUT2D eigenvalue weighted by molar-refractivity contribution is 5.76. The summed E-state index contributed by atoms with van der Waals surface area (Å²) in [5, 5.41) is 3.03. The Balaban J connectivity index is 1.48. The summed E-state index contributed by atoms with van der Waals surface area (Å²) in [6.45, 7) is 6.14. The average molecular weight is 368 g/mol. The Bertz CT molecular complexity index is 736. The van der Waals surface area contributed by atoms with Crippen LogP contribution < -0.4 is 5.32 Å². The van der Waals surface area contributed by atoms with E-state index in [1.54, 1.807) is 12.1 Å². The molecule has 0 saturated carbocycles. The number of benzene rings is 2. The molecule has 1 heterocycles. The van der Waals surface area contributed by atoms with Crippen molar-refractivity contribution >= 4 is 5.91 Å². The van der Waals surface area contributed by atoms with Gasteiger partial charge in [0, 0.05) is 19.5 Å². The van der Waals surface area contributed by atoms with Gasteiger partial charge in [-0.2, -0.15) is 0 Å². The maximum absolute atomic E-state index is 12.9. The predicted molar refractivity (Wildman–Crippen MR) is 107 cm³/mol. The Morgan fingerprint density at radius 3 is 2.44 bits per heavy atom. The van der Waals surface area contributed by atoms with Gasteiger partial charge >= 0.3 is 0 Å². The summed E-state index contributed by atoms with van der Waals surface area (Å²) in [5.74, 6) is 0.612. The van der Waals surface area contributed by atoms with E-state index in [1.165, 1.54) is 36.1 Å². The molecule has 0 aromatic heterocycles. The van der Waals surface area contributed by atoms with Gasteiger partial charge < -0.3 is 5.32 Å². The van der Waals surface area contributed by atoms with Crippen molar-refractivity contribution in [1.29, 1.82) is 0 Å². The molecule has 0 spiro atoms. The van der Waals surface area contributed by atoms with Crippen LogP contribution in [-0.2, 0) is 24.3 Å². The Kier molecular flexibility index (Phi) is 6.99. The fourth-order valence-electron chi connectivity index (χ4n) is 3.54. The Labute approximate surface area is 161 Å². The van der Waals surface area contributed by atoms with Gasteiger partial charge in [0.2, 0.25) is 5.91 Å². The lowest BCUT2D eigenvalue weighted by molar-refractivity contribution is -0.121. The van der Waals surface area contributed by atoms with Crippen LogP contribution >= 0.6 is 0 Å². The van der Waals surface area contributed by atoms with E-state index in [0.29, 0.717) is 19.4 Å². The van der Waals surface area contributed by atoms with Crippen LogP contribution in [0.1, 0.15) is 42.9 Å². The van der Waals surface area contributed by atoms with Crippen LogP contribution in [0.4, 0.5) is 4.39 Å². The normalized spacial score (nSPS) is 15.6. The van der Waals surface area contributed by atoms with Crippen molar-refractivity contribution in [3.8, 4) is 0 Å². The molecule has 0 unspecified atom stereocenters. The highest BCUT2D eigenvalue weighted by Gasteiger charge is 2.16. The van der Waals surface area contributed by atoms with E-state index < -0.39 is 0 Å². The van der Waals surface area contributed by atoms with Crippen LogP contribution in [0, 0.1) is 11.7 Å². The van der Waals surface area contributed by atoms with Gasteiger partial charge in [0.05, 0.1) is 0 Å². The second kappa shape index (κ2) is 9.65. The first kappa shape index (κ1) is 19.6. The van der Waals surface area contributed by atoms with Gasteiger partial charge in [0.1, 0.15) is 5.82 Å². The maximum atomic E-state index is 12.9. The van der Waals surface area contributed by atoms with Crippen molar-refractivity contribution in [2.75, 3.05) is 13.1 Å². The minimum absolute atomic E-state index is 0.0286. The Hall–Kier alpha value is -2.20. The molecule has 2 aromatic rings. The van der Waals surface area contributed by atoms with Gasteiger partial charge in [-0.3, -0.25) is 9.69 Å². The monoisotopic (exact) mass is 368 g/mol. The van der Waals surface area contributed by atoms with Crippen molar-refractivity contribution in [3.05, 3.63) is 71.0 Å². The number of carbonyl (C=O) groups is 1. The number of hydrogen-bond donors (Lipinski definition) is 1. The van der Waals surface area contributed by atoms with E-state index in [2.05, 4.69) is 35.3 Å². The van der Waals surface area contributed by atoms with Gasteiger partial charge in [0.25, 0.3) is 0 Å². The summed E-state index contributed by atoms with van der Waals surface area (Å²) < 4.78 is 12.9. The number of aryl methyl sites for hydroxylation is 1. The quantitative estimate of drug-likeness (QED) is 0.790. The van der Waals surface area contributed by atoms with Crippen molar-refractivity contribution in [2.24, 2.45) is 5.92 Å². The topological polar surface area (TPSA) is 32.3 Å². The second-order valence-electron chi connectivity index (χ2n) is 7.63. The van der Waals surface area contributed by atoms with Gasteiger partial charge in [-0.05, 0) is 67.1 Å². The molecule has 0 radical (unpaired) electrons. The first-order valence-corrected chi connectivity index (χ1v) is 9.90. The SMILES string of the molecule is CC1CCN(Cc2ccccc2CNC(=O)CCc2ccc(F)cc2)CC1. The zero-order valence-corrected chi connectivity index (χ0v) is 16.1. The van der Waals surface area contributed by atoms with E-state index in [4.69, 9.17) is 0 Å². The molecule has 0 aliphatic carbocycles. The van der Waals surface area contributed by atoms with Crippen LogP contribution in [0.5, 0.6) is 0 Å². The number of carbonyl (C=O) groups excluding carboxylic acids is 1. The first-order valence-electron chi connectivity index (χ1n) is 9.90. The van der Waals surface area contributed by atoms with E-state index in [1.807, 2.05) is 6.07 Å². The van der Waals surface area contributed by atoms with E-state index in [0.717, 1.165) is 31.1 Å². The third kappa shape index (κ3) is 6.17. The first-order chi connectivity index (χ1) is 13.1. The molecule has 4 heteroatoms. The molecule has 3 rings (SSSR count). The summed E-state index contributed by atoms with van der Waals surface area (Å²) in [7, 11) is 0. The third-order valence-corrected chi connectivity index (χ3v) is 5.42. The van der Waals surface area contributed by atoms with Gasteiger partial charge in [0.15, 0.2) is 0 Å². The Morgan fingerprint density at radius 1 is 1.07 bits per heavy atom. The van der Waals surface area contributed by atoms with Crippen LogP contribution in [-0.4, -0.2) is 23.9 Å². The molecular formula is C23H29FN2O. The minimum Gasteiger partial charge on any atom is -0.352 e. The standard InChI is InChI=1S/C23H29FN2O/c1-18-12-14-26(15-13-18)17-21-5-3-2-4-20(21)16-25-23(27)11-8-19-6-9-22(24)10-7-19/h2-7,9-10,18H,8,11-17H2,1H3,(H,25,27). The number of likely N-dealkylation sites (tertiary alicyclic amines) is 1. The number of halogens is 1. The highest BCUT2D eigenvalue weighted by atomic mass is 19.1. The van der Waals surface area contributed by atoms with Crippen molar-refractivity contribution < 1.29 is 9.18 Å². The van der Waals surface area contributed by atoms with Crippen LogP contribution in [0.3, 0.4) is 0 Å². The van der Waals surface area contributed by atoms with Crippen LogP contribution in [0.2, 0.25) is 0 Å². The fraction of sp³-hybridized carbons (Fsp3) is 0.435. The molecular weight excluding hydrogens is 339 g/mol. The van der Waals surface area contributed by atoms with Crippen molar-refractivity contribution in [1.82, 2.24) is 10.2 Å². The van der Waals surface area contributed by atoms with Crippen LogP contribution in [0.25, 0.3) is 0 Å². The molecule has 1 N–H and O–H groups in total. The molecule has 3 nitrogen and oxygen atoms in total. The van der Waals surface area contributed by atoms with E-state index in [9.17, 15) is 9.18 Å². The Morgan fingerprint density at radius 2 is 1.74 bits per heavy atom. The molecule has 0 atom stereocenters. The molecule has 1 aliphatic heterocycles. The number of piperidine rings is 1. The number of nitrogens with one attached hydrogen (secondary N) is 1. The zero-order valence-electron chi connectivity index (χ0n) is 16.1. The second-order valence-corrected chi connectivity index (χ2v) is 7.63. The van der Waals surface area contributed by atoms with Gasteiger partial charge in [-0.1, -0.05) is 43.3 Å². The summed E-state index contributed by atoms with van der Waals surface area (Å²) >= 11 is 0. The summed E-state index contributed by atoms with van der Waals surface area (Å²) in [4.78, 5) is 14.7. The summed E-state index contributed by atoms with van der Waals surface area (Å²) in [5.41, 5.74) is 3.46. The van der Waals surface area contributed by atoms with Crippen molar-refractivity contribution in [3.63, 3.8) is 0 Å². The lowest BCUT2D eigenvalue weighted by Crippen LogP contribution is -2.33. The summed E-state index contributed by atoms with van der Waals surface area (Å²) in [6, 6.07) is 14.7. The molecule has 144 valence electrons. The molecule has 1 amide bonds. The van der Waals surface area contributed by atoms with Gasteiger partial charge in [-0.25, -0.2) is 4.39 Å². The molecule has 1 aliphatic rings. The molecule has 27 heavy (non-hydrogen) atoms. The number of amides is 1. The zero-order chi connectivity index (χ0) is 19.1. The fourth-order valence-corrected chi connectivity index (χ4v) is 3.54. The largest absolute Gasteiger partial charge is 0.352 e. The third-order valence-electron chi connectivity index (χ3n) is 5.42. The van der Waals surface area contributed by atoms with E-state index >= 15 is 0 Å². The molecule has 1 saturated heterocycles. The molecule has 2 aromatic carbocycles. The smallest absolute Gasteiger partial charge is 0.220 e. The average Bonchev–Trinajstić information content (AvgIpc) is 2.68. The maximum Gasteiger partial charge on any atom is 0.220 e. The lowest BCUT2D eigenvalue weighted by Gasteiger charge is -2.30. The summed E-state index contributed by atoms with van der Waals surface area (Å²) in [6.07, 6.45) is 3.57. The molecule has 1 fully saturated rings. The predicted octanol–water partition coefficient (Wildman–Crippen LogP) is 4.31.